The predicted octanol–water partition coefficient (Wildman–Crippen LogP) is 2.79. The van der Waals surface area contributed by atoms with E-state index in [0.717, 1.165) is 11.6 Å². The molecule has 0 heterocycles. The second-order valence-corrected chi connectivity index (χ2v) is 4.73. The molecule has 2 N–H and O–H groups in total. The molecule has 0 fully saturated rings. The van der Waals surface area contributed by atoms with Crippen molar-refractivity contribution in [2.24, 2.45) is 0 Å². The zero-order valence-electron chi connectivity index (χ0n) is 9.69. The Morgan fingerprint density at radius 1 is 1.25 bits per heavy atom. The van der Waals surface area contributed by atoms with Gasteiger partial charge in [0.25, 0.3) is 0 Å². The number of benzene rings is 1. The Labute approximate surface area is 95.0 Å². The van der Waals surface area contributed by atoms with Gasteiger partial charge in [-0.15, -0.1) is 0 Å². The minimum absolute atomic E-state index is 0.0788. The summed E-state index contributed by atoms with van der Waals surface area (Å²) >= 11 is 0. The van der Waals surface area contributed by atoms with Crippen molar-refractivity contribution in [1.82, 2.24) is 0 Å². The molecule has 0 atom stereocenters. The number of phenols is 1. The standard InChI is InChI=1S/C13H16O3/c1-13(2,3)10-6-9(4-5-12(15)16)7-11(14)8-10/h4-8,14H,1-3H3,(H,15,16)/b5-4+. The number of hydrogen-bond acceptors (Lipinski definition) is 2. The van der Waals surface area contributed by atoms with Gasteiger partial charge in [-0.25, -0.2) is 4.79 Å². The minimum Gasteiger partial charge on any atom is -0.508 e. The molecule has 0 saturated heterocycles. The fourth-order valence-corrected chi connectivity index (χ4v) is 1.33. The number of carboxylic acids is 1. The van der Waals surface area contributed by atoms with E-state index >= 15 is 0 Å². The average molecular weight is 220 g/mol. The number of rotatable bonds is 2. The third-order valence-electron chi connectivity index (χ3n) is 2.22. The van der Waals surface area contributed by atoms with E-state index in [-0.39, 0.29) is 11.2 Å². The van der Waals surface area contributed by atoms with Crippen molar-refractivity contribution in [2.45, 2.75) is 26.2 Å². The van der Waals surface area contributed by atoms with Crippen molar-refractivity contribution in [1.29, 1.82) is 0 Å². The maximum Gasteiger partial charge on any atom is 0.328 e. The normalized spacial score (nSPS) is 11.9. The quantitative estimate of drug-likeness (QED) is 0.753. The molecule has 3 nitrogen and oxygen atoms in total. The lowest BCUT2D eigenvalue weighted by Crippen LogP contribution is -2.10. The first-order valence-corrected chi connectivity index (χ1v) is 5.04. The van der Waals surface area contributed by atoms with E-state index in [4.69, 9.17) is 5.11 Å². The topological polar surface area (TPSA) is 57.5 Å². The lowest BCUT2D eigenvalue weighted by Gasteiger charge is -2.19. The van der Waals surface area contributed by atoms with Gasteiger partial charge in [-0.3, -0.25) is 0 Å². The van der Waals surface area contributed by atoms with Gasteiger partial charge in [-0.05, 0) is 34.8 Å². The third-order valence-corrected chi connectivity index (χ3v) is 2.22. The van der Waals surface area contributed by atoms with Crippen LogP contribution in [0.15, 0.2) is 24.3 Å². The maximum absolute atomic E-state index is 10.4. The molecule has 3 heteroatoms. The highest BCUT2D eigenvalue weighted by Gasteiger charge is 2.14. The number of hydrogen-bond donors (Lipinski definition) is 2. The number of aliphatic carboxylic acids is 1. The van der Waals surface area contributed by atoms with Gasteiger partial charge in [0, 0.05) is 6.08 Å². The van der Waals surface area contributed by atoms with Crippen LogP contribution in [0, 0.1) is 0 Å². The maximum atomic E-state index is 10.4. The average Bonchev–Trinajstić information content (AvgIpc) is 2.12. The molecule has 0 aliphatic heterocycles. The second-order valence-electron chi connectivity index (χ2n) is 4.73. The predicted molar refractivity (Wildman–Crippen MR) is 63.5 cm³/mol. The van der Waals surface area contributed by atoms with E-state index in [1.807, 2.05) is 26.8 Å². The lowest BCUT2D eigenvalue weighted by atomic mass is 9.86. The van der Waals surface area contributed by atoms with Crippen LogP contribution in [0.25, 0.3) is 6.08 Å². The molecule has 0 spiro atoms. The first-order chi connectivity index (χ1) is 7.29. The SMILES string of the molecule is CC(C)(C)c1cc(O)cc(/C=C/C(=O)O)c1. The highest BCUT2D eigenvalue weighted by molar-refractivity contribution is 5.85. The van der Waals surface area contributed by atoms with Gasteiger partial charge in [0.2, 0.25) is 0 Å². The first kappa shape index (κ1) is 12.3. The number of carbonyl (C=O) groups is 1. The van der Waals surface area contributed by atoms with Crippen molar-refractivity contribution in [3.8, 4) is 5.75 Å². The van der Waals surface area contributed by atoms with Gasteiger partial charge in [0.05, 0.1) is 0 Å². The summed E-state index contributed by atoms with van der Waals surface area (Å²) in [6.07, 6.45) is 2.53. The van der Waals surface area contributed by atoms with Gasteiger partial charge in [0.1, 0.15) is 5.75 Å². The molecule has 16 heavy (non-hydrogen) atoms. The summed E-state index contributed by atoms with van der Waals surface area (Å²) < 4.78 is 0. The molecule has 0 amide bonds. The summed E-state index contributed by atoms with van der Waals surface area (Å²) in [6.45, 7) is 6.10. The van der Waals surface area contributed by atoms with Crippen molar-refractivity contribution in [3.05, 3.63) is 35.4 Å². The van der Waals surface area contributed by atoms with E-state index in [1.54, 1.807) is 6.07 Å². The summed E-state index contributed by atoms with van der Waals surface area (Å²) in [6, 6.07) is 5.10. The summed E-state index contributed by atoms with van der Waals surface area (Å²) in [5, 5.41) is 18.1. The number of phenolic OH excluding ortho intramolecular Hbond substituents is 1. The molecular weight excluding hydrogens is 204 g/mol. The number of aromatic hydroxyl groups is 1. The van der Waals surface area contributed by atoms with Crippen LogP contribution < -0.4 is 0 Å². The zero-order valence-corrected chi connectivity index (χ0v) is 9.69. The molecule has 0 aliphatic carbocycles. The Bertz CT molecular complexity index is 425. The smallest absolute Gasteiger partial charge is 0.328 e. The second kappa shape index (κ2) is 4.39. The Kier molecular flexibility index (Phi) is 3.38. The van der Waals surface area contributed by atoms with E-state index < -0.39 is 5.97 Å². The van der Waals surface area contributed by atoms with E-state index in [2.05, 4.69) is 0 Å². The molecular formula is C13H16O3. The lowest BCUT2D eigenvalue weighted by molar-refractivity contribution is -0.131. The molecule has 86 valence electrons. The van der Waals surface area contributed by atoms with Crippen LogP contribution in [0.2, 0.25) is 0 Å². The van der Waals surface area contributed by atoms with Crippen molar-refractivity contribution in [2.75, 3.05) is 0 Å². The van der Waals surface area contributed by atoms with E-state index in [9.17, 15) is 9.90 Å². The summed E-state index contributed by atoms with van der Waals surface area (Å²) in [5.41, 5.74) is 1.58. The van der Waals surface area contributed by atoms with Crippen molar-refractivity contribution < 1.29 is 15.0 Å². The zero-order chi connectivity index (χ0) is 12.3. The summed E-state index contributed by atoms with van der Waals surface area (Å²) in [7, 11) is 0. The molecule has 0 bridgehead atoms. The molecule has 1 aromatic carbocycles. The van der Waals surface area contributed by atoms with Crippen molar-refractivity contribution >= 4 is 12.0 Å². The van der Waals surface area contributed by atoms with Gasteiger partial charge in [0.15, 0.2) is 0 Å². The molecule has 0 saturated carbocycles. The van der Waals surface area contributed by atoms with Gasteiger partial charge in [-0.1, -0.05) is 26.8 Å². The molecule has 0 aliphatic rings. The third kappa shape index (κ3) is 3.42. The highest BCUT2D eigenvalue weighted by Crippen LogP contribution is 2.27. The molecule has 0 radical (unpaired) electrons. The Balaban J connectivity index is 3.13. The van der Waals surface area contributed by atoms with Gasteiger partial charge < -0.3 is 10.2 Å². The van der Waals surface area contributed by atoms with Gasteiger partial charge >= 0.3 is 5.97 Å². The van der Waals surface area contributed by atoms with Crippen LogP contribution in [0.4, 0.5) is 0 Å². The number of carboxylic acid groups (broad SMARTS) is 1. The minimum atomic E-state index is -0.999. The van der Waals surface area contributed by atoms with E-state index in [1.165, 1.54) is 12.1 Å². The van der Waals surface area contributed by atoms with Crippen LogP contribution in [0.1, 0.15) is 31.9 Å². The fraction of sp³-hybridized carbons (Fsp3) is 0.308. The van der Waals surface area contributed by atoms with E-state index in [0.29, 0.717) is 5.56 Å². The van der Waals surface area contributed by atoms with Crippen LogP contribution in [0.3, 0.4) is 0 Å². The summed E-state index contributed by atoms with van der Waals surface area (Å²) in [5.74, 6) is -0.849. The van der Waals surface area contributed by atoms with Crippen LogP contribution in [-0.4, -0.2) is 16.2 Å². The van der Waals surface area contributed by atoms with Gasteiger partial charge in [-0.2, -0.15) is 0 Å². The first-order valence-electron chi connectivity index (χ1n) is 5.04. The fourth-order valence-electron chi connectivity index (χ4n) is 1.33. The highest BCUT2D eigenvalue weighted by atomic mass is 16.4. The Morgan fingerprint density at radius 3 is 2.38 bits per heavy atom. The largest absolute Gasteiger partial charge is 0.508 e. The Morgan fingerprint density at radius 2 is 1.88 bits per heavy atom. The van der Waals surface area contributed by atoms with Crippen LogP contribution in [-0.2, 0) is 10.2 Å². The van der Waals surface area contributed by atoms with Crippen LogP contribution in [0.5, 0.6) is 5.75 Å². The molecule has 1 rings (SSSR count). The molecule has 0 unspecified atom stereocenters. The monoisotopic (exact) mass is 220 g/mol. The Hall–Kier alpha value is -1.77. The molecule has 1 aromatic rings. The van der Waals surface area contributed by atoms with Crippen LogP contribution >= 0.6 is 0 Å². The summed E-state index contributed by atoms with van der Waals surface area (Å²) in [4.78, 5) is 10.4. The molecule has 0 aromatic heterocycles. The van der Waals surface area contributed by atoms with Crippen molar-refractivity contribution in [3.63, 3.8) is 0 Å².